The molecule has 3 nitrogen and oxygen atoms in total. The monoisotopic (exact) mass is 352 g/mol. The van der Waals surface area contributed by atoms with Crippen LogP contribution in [0.4, 0.5) is 13.2 Å². The first-order valence-corrected chi connectivity index (χ1v) is 7.26. The minimum Gasteiger partial charge on any atom is -0.347 e. The zero-order valence-electron chi connectivity index (χ0n) is 11.2. The van der Waals surface area contributed by atoms with E-state index in [1.807, 2.05) is 13.8 Å². The van der Waals surface area contributed by atoms with Gasteiger partial charge in [-0.3, -0.25) is 9.78 Å². The number of carbonyl (C=O) groups excluding carboxylic acids is 1. The molecule has 0 aliphatic rings. The van der Waals surface area contributed by atoms with Gasteiger partial charge in [-0.2, -0.15) is 13.2 Å². The van der Waals surface area contributed by atoms with Gasteiger partial charge in [0.05, 0.1) is 5.56 Å². The zero-order valence-corrected chi connectivity index (χ0v) is 12.8. The van der Waals surface area contributed by atoms with Crippen LogP contribution in [0.2, 0.25) is 0 Å². The van der Waals surface area contributed by atoms with E-state index in [4.69, 9.17) is 0 Å². The van der Waals surface area contributed by atoms with Crippen molar-refractivity contribution in [1.82, 2.24) is 10.3 Å². The summed E-state index contributed by atoms with van der Waals surface area (Å²) in [6.45, 7) is 4.05. The van der Waals surface area contributed by atoms with E-state index in [9.17, 15) is 18.0 Å². The summed E-state index contributed by atoms with van der Waals surface area (Å²) >= 11 is 3.30. The highest BCUT2D eigenvalue weighted by Crippen LogP contribution is 2.28. The van der Waals surface area contributed by atoms with Crippen LogP contribution in [0.3, 0.4) is 0 Å². The number of amides is 1. The highest BCUT2D eigenvalue weighted by atomic mass is 79.9. The Morgan fingerprint density at radius 3 is 2.45 bits per heavy atom. The fourth-order valence-electron chi connectivity index (χ4n) is 1.68. The van der Waals surface area contributed by atoms with Gasteiger partial charge in [-0.25, -0.2) is 0 Å². The van der Waals surface area contributed by atoms with Crippen molar-refractivity contribution in [2.24, 2.45) is 5.92 Å². The van der Waals surface area contributed by atoms with Crippen molar-refractivity contribution in [3.8, 4) is 0 Å². The van der Waals surface area contributed by atoms with Crippen LogP contribution in [0.25, 0.3) is 0 Å². The first-order valence-electron chi connectivity index (χ1n) is 6.14. The fourth-order valence-corrected chi connectivity index (χ4v) is 2.11. The third-order valence-electron chi connectivity index (χ3n) is 2.60. The minimum atomic E-state index is -4.45. The smallest absolute Gasteiger partial charge is 0.347 e. The van der Waals surface area contributed by atoms with Crippen LogP contribution in [0.1, 0.15) is 36.3 Å². The maximum atomic E-state index is 12.4. The quantitative estimate of drug-likeness (QED) is 0.822. The molecule has 112 valence electrons. The third kappa shape index (κ3) is 5.11. The van der Waals surface area contributed by atoms with Crippen LogP contribution >= 0.6 is 15.9 Å². The molecule has 0 aromatic carbocycles. The summed E-state index contributed by atoms with van der Waals surface area (Å²) in [6.07, 6.45) is -3.00. The molecule has 0 saturated carbocycles. The zero-order chi connectivity index (χ0) is 15.3. The molecule has 7 heteroatoms. The van der Waals surface area contributed by atoms with Gasteiger partial charge in [0.15, 0.2) is 0 Å². The maximum absolute atomic E-state index is 12.4. The second-order valence-corrected chi connectivity index (χ2v) is 5.53. The Hall–Kier alpha value is -1.11. The summed E-state index contributed by atoms with van der Waals surface area (Å²) in [4.78, 5) is 15.4. The number of pyridine rings is 1. The van der Waals surface area contributed by atoms with Gasteiger partial charge in [0.2, 0.25) is 0 Å². The number of nitrogens with one attached hydrogen (secondary N) is 1. The van der Waals surface area contributed by atoms with E-state index in [1.165, 1.54) is 0 Å². The van der Waals surface area contributed by atoms with E-state index in [0.717, 1.165) is 18.6 Å². The highest BCUT2D eigenvalue weighted by Gasteiger charge is 2.31. The highest BCUT2D eigenvalue weighted by molar-refractivity contribution is 9.09. The van der Waals surface area contributed by atoms with Crippen LogP contribution in [-0.4, -0.2) is 22.3 Å². The molecular formula is C13H16BrF3N2O. The Bertz CT molecular complexity index is 446. The first-order chi connectivity index (χ1) is 9.24. The van der Waals surface area contributed by atoms with Gasteiger partial charge in [-0.15, -0.1) is 0 Å². The maximum Gasteiger partial charge on any atom is 0.417 e. The molecule has 1 amide bonds. The molecule has 0 aliphatic carbocycles. The largest absolute Gasteiger partial charge is 0.417 e. The van der Waals surface area contributed by atoms with Crippen LogP contribution in [0, 0.1) is 5.92 Å². The molecule has 1 N–H and O–H groups in total. The molecule has 20 heavy (non-hydrogen) atoms. The molecule has 1 atom stereocenters. The molecule has 1 aromatic heterocycles. The normalized spacial score (nSPS) is 13.3. The number of rotatable bonds is 5. The van der Waals surface area contributed by atoms with Crippen molar-refractivity contribution in [2.45, 2.75) is 32.5 Å². The van der Waals surface area contributed by atoms with Gasteiger partial charge in [-0.05, 0) is 24.5 Å². The average molecular weight is 353 g/mol. The molecule has 1 rings (SSSR count). The van der Waals surface area contributed by atoms with Gasteiger partial charge < -0.3 is 5.32 Å². The molecular weight excluding hydrogens is 337 g/mol. The van der Waals surface area contributed by atoms with Crippen LogP contribution in [0.5, 0.6) is 0 Å². The number of nitrogens with zero attached hydrogens (tertiary/aromatic N) is 1. The lowest BCUT2D eigenvalue weighted by molar-refractivity contribution is -0.137. The molecule has 0 bridgehead atoms. The Kier molecular flexibility index (Phi) is 5.98. The SMILES string of the molecule is CC(C)CC(CBr)NC(=O)c1ccc(C(F)(F)F)cn1. The second-order valence-electron chi connectivity index (χ2n) is 4.88. The fraction of sp³-hybridized carbons (Fsp3) is 0.538. The summed E-state index contributed by atoms with van der Waals surface area (Å²) < 4.78 is 37.1. The van der Waals surface area contributed by atoms with E-state index in [-0.39, 0.29) is 11.7 Å². The predicted octanol–water partition coefficient (Wildman–Crippen LogP) is 3.64. The summed E-state index contributed by atoms with van der Waals surface area (Å²) in [5.74, 6) is -0.0674. The van der Waals surface area contributed by atoms with Crippen LogP contribution in [-0.2, 0) is 6.18 Å². The lowest BCUT2D eigenvalue weighted by atomic mass is 10.1. The lowest BCUT2D eigenvalue weighted by Crippen LogP contribution is -2.37. The van der Waals surface area contributed by atoms with Gasteiger partial charge in [0, 0.05) is 17.6 Å². The Morgan fingerprint density at radius 1 is 1.40 bits per heavy atom. The molecule has 0 radical (unpaired) electrons. The third-order valence-corrected chi connectivity index (χ3v) is 3.38. The average Bonchev–Trinajstić information content (AvgIpc) is 2.36. The summed E-state index contributed by atoms with van der Waals surface area (Å²) in [7, 11) is 0. The van der Waals surface area contributed by atoms with Crippen LogP contribution in [0.15, 0.2) is 18.3 Å². The second kappa shape index (κ2) is 7.06. The van der Waals surface area contributed by atoms with E-state index >= 15 is 0 Å². The molecule has 0 aliphatic heterocycles. The molecule has 0 fully saturated rings. The van der Waals surface area contributed by atoms with E-state index in [2.05, 4.69) is 26.2 Å². The Balaban J connectivity index is 2.72. The molecule has 0 saturated heterocycles. The van der Waals surface area contributed by atoms with Crippen molar-refractivity contribution >= 4 is 21.8 Å². The number of halogens is 4. The van der Waals surface area contributed by atoms with Crippen molar-refractivity contribution < 1.29 is 18.0 Å². The number of alkyl halides is 4. The topological polar surface area (TPSA) is 42.0 Å². The number of hydrogen-bond donors (Lipinski definition) is 1. The number of hydrogen-bond acceptors (Lipinski definition) is 2. The number of aromatic nitrogens is 1. The van der Waals surface area contributed by atoms with Gasteiger partial charge in [0.25, 0.3) is 5.91 Å². The van der Waals surface area contributed by atoms with Crippen molar-refractivity contribution in [2.75, 3.05) is 5.33 Å². The van der Waals surface area contributed by atoms with E-state index < -0.39 is 17.6 Å². The summed E-state index contributed by atoms with van der Waals surface area (Å²) in [6, 6.07) is 1.86. The summed E-state index contributed by atoms with van der Waals surface area (Å²) in [5.41, 5.74) is -0.888. The van der Waals surface area contributed by atoms with Crippen molar-refractivity contribution in [3.05, 3.63) is 29.6 Å². The van der Waals surface area contributed by atoms with Crippen molar-refractivity contribution in [3.63, 3.8) is 0 Å². The number of carbonyl (C=O) groups is 1. The first kappa shape index (κ1) is 16.9. The molecule has 1 heterocycles. The predicted molar refractivity (Wildman–Crippen MR) is 73.7 cm³/mol. The van der Waals surface area contributed by atoms with Gasteiger partial charge in [-0.1, -0.05) is 29.8 Å². The minimum absolute atomic E-state index is 0.0206. The Morgan fingerprint density at radius 2 is 2.05 bits per heavy atom. The van der Waals surface area contributed by atoms with Gasteiger partial charge >= 0.3 is 6.18 Å². The summed E-state index contributed by atoms with van der Waals surface area (Å²) in [5, 5.41) is 3.32. The Labute approximate surface area is 124 Å². The molecule has 1 aromatic rings. The van der Waals surface area contributed by atoms with Crippen LogP contribution < -0.4 is 5.32 Å². The standard InChI is InChI=1S/C13H16BrF3N2O/c1-8(2)5-10(6-14)19-12(20)11-4-3-9(7-18-11)13(15,16)17/h3-4,7-8,10H,5-6H2,1-2H3,(H,19,20). The lowest BCUT2D eigenvalue weighted by Gasteiger charge is -2.18. The van der Waals surface area contributed by atoms with E-state index in [1.54, 1.807) is 0 Å². The molecule has 0 spiro atoms. The van der Waals surface area contributed by atoms with E-state index in [0.29, 0.717) is 17.4 Å². The molecule has 1 unspecified atom stereocenters. The van der Waals surface area contributed by atoms with Crippen molar-refractivity contribution in [1.29, 1.82) is 0 Å². The van der Waals surface area contributed by atoms with Gasteiger partial charge in [0.1, 0.15) is 5.69 Å².